The van der Waals surface area contributed by atoms with Crippen LogP contribution in [-0.4, -0.2) is 27.0 Å². The lowest BCUT2D eigenvalue weighted by molar-refractivity contribution is -0.111. The lowest BCUT2D eigenvalue weighted by Gasteiger charge is -2.40. The molecule has 0 unspecified atom stereocenters. The van der Waals surface area contributed by atoms with Crippen LogP contribution >= 0.6 is 0 Å². The van der Waals surface area contributed by atoms with Gasteiger partial charge in [-0.05, 0) is 31.5 Å². The third-order valence-electron chi connectivity index (χ3n) is 2.96. The standard InChI is InChI=1S/C12H16O4/c1-12(2)11(15)10(14)8-5-7(6-13)3-4-9(8)16-12/h3-5,10-11,13-15H,6H2,1-2H3/t10-,11+/m1/s1. The van der Waals surface area contributed by atoms with E-state index in [2.05, 4.69) is 0 Å². The zero-order valence-electron chi connectivity index (χ0n) is 9.34. The van der Waals surface area contributed by atoms with Crippen molar-refractivity contribution in [3.05, 3.63) is 29.3 Å². The van der Waals surface area contributed by atoms with E-state index < -0.39 is 17.8 Å². The monoisotopic (exact) mass is 224 g/mol. The summed E-state index contributed by atoms with van der Waals surface area (Å²) in [6.07, 6.45) is -1.96. The van der Waals surface area contributed by atoms with Crippen molar-refractivity contribution >= 4 is 0 Å². The van der Waals surface area contributed by atoms with Crippen LogP contribution in [0.5, 0.6) is 5.75 Å². The molecule has 1 aliphatic heterocycles. The van der Waals surface area contributed by atoms with Gasteiger partial charge in [0.2, 0.25) is 0 Å². The molecule has 0 amide bonds. The van der Waals surface area contributed by atoms with Gasteiger partial charge in [-0.25, -0.2) is 0 Å². The maximum Gasteiger partial charge on any atom is 0.132 e. The van der Waals surface area contributed by atoms with E-state index in [1.54, 1.807) is 32.0 Å². The molecule has 0 aliphatic carbocycles. The molecular formula is C12H16O4. The van der Waals surface area contributed by atoms with Crippen molar-refractivity contribution in [3.63, 3.8) is 0 Å². The second kappa shape index (κ2) is 3.73. The summed E-state index contributed by atoms with van der Waals surface area (Å²) in [5, 5.41) is 28.9. The Kier molecular flexibility index (Phi) is 2.66. The Morgan fingerprint density at radius 2 is 2.00 bits per heavy atom. The van der Waals surface area contributed by atoms with Crippen molar-refractivity contribution in [2.24, 2.45) is 0 Å². The summed E-state index contributed by atoms with van der Waals surface area (Å²) in [5.74, 6) is 0.556. The third kappa shape index (κ3) is 1.69. The zero-order chi connectivity index (χ0) is 11.9. The summed E-state index contributed by atoms with van der Waals surface area (Å²) in [5.41, 5.74) is 0.402. The maximum atomic E-state index is 9.97. The summed E-state index contributed by atoms with van der Waals surface area (Å²) >= 11 is 0. The molecule has 2 atom stereocenters. The third-order valence-corrected chi connectivity index (χ3v) is 2.96. The van der Waals surface area contributed by atoms with Gasteiger partial charge < -0.3 is 20.1 Å². The predicted molar refractivity (Wildman–Crippen MR) is 58.0 cm³/mol. The van der Waals surface area contributed by atoms with Gasteiger partial charge in [0.1, 0.15) is 23.6 Å². The summed E-state index contributed by atoms with van der Waals surface area (Å²) < 4.78 is 5.61. The average molecular weight is 224 g/mol. The Hall–Kier alpha value is -1.10. The molecule has 1 heterocycles. The normalized spacial score (nSPS) is 27.1. The van der Waals surface area contributed by atoms with Crippen LogP contribution in [0.1, 0.15) is 31.1 Å². The summed E-state index contributed by atoms with van der Waals surface area (Å²) in [4.78, 5) is 0. The van der Waals surface area contributed by atoms with Gasteiger partial charge in [-0.1, -0.05) is 6.07 Å². The van der Waals surface area contributed by atoms with Gasteiger partial charge >= 0.3 is 0 Å². The molecule has 16 heavy (non-hydrogen) atoms. The summed E-state index contributed by atoms with van der Waals surface area (Å²) in [6.45, 7) is 3.35. The van der Waals surface area contributed by atoms with Crippen LogP contribution in [0.4, 0.5) is 0 Å². The number of fused-ring (bicyclic) bond motifs is 1. The van der Waals surface area contributed by atoms with E-state index in [0.717, 1.165) is 0 Å². The van der Waals surface area contributed by atoms with Crippen LogP contribution < -0.4 is 4.74 Å². The number of rotatable bonds is 1. The van der Waals surface area contributed by atoms with Gasteiger partial charge in [0, 0.05) is 5.56 Å². The molecule has 88 valence electrons. The second-order valence-corrected chi connectivity index (χ2v) is 4.63. The van der Waals surface area contributed by atoms with E-state index in [4.69, 9.17) is 9.84 Å². The van der Waals surface area contributed by atoms with Crippen molar-refractivity contribution in [1.82, 2.24) is 0 Å². The quantitative estimate of drug-likeness (QED) is 0.658. The first kappa shape index (κ1) is 11.4. The zero-order valence-corrected chi connectivity index (χ0v) is 9.34. The van der Waals surface area contributed by atoms with Gasteiger partial charge in [-0.2, -0.15) is 0 Å². The molecule has 3 N–H and O–H groups in total. The predicted octanol–water partition coefficient (Wildman–Crippen LogP) is 0.744. The molecular weight excluding hydrogens is 208 g/mol. The fourth-order valence-electron chi connectivity index (χ4n) is 1.91. The molecule has 4 nitrogen and oxygen atoms in total. The first-order valence-electron chi connectivity index (χ1n) is 5.24. The summed E-state index contributed by atoms with van der Waals surface area (Å²) in [7, 11) is 0. The van der Waals surface area contributed by atoms with Gasteiger partial charge in [-0.3, -0.25) is 0 Å². The van der Waals surface area contributed by atoms with Crippen LogP contribution in [-0.2, 0) is 6.61 Å². The molecule has 0 aromatic heterocycles. The molecule has 1 aromatic carbocycles. The Balaban J connectivity index is 2.47. The molecule has 0 saturated carbocycles. The first-order valence-corrected chi connectivity index (χ1v) is 5.24. The van der Waals surface area contributed by atoms with Crippen LogP contribution in [0.15, 0.2) is 18.2 Å². The number of aliphatic hydroxyl groups is 3. The number of benzene rings is 1. The number of hydrogen-bond acceptors (Lipinski definition) is 4. The van der Waals surface area contributed by atoms with Crippen LogP contribution in [0.2, 0.25) is 0 Å². The number of hydrogen-bond donors (Lipinski definition) is 3. The van der Waals surface area contributed by atoms with E-state index in [1.807, 2.05) is 0 Å². The molecule has 2 rings (SSSR count). The van der Waals surface area contributed by atoms with Crippen molar-refractivity contribution in [1.29, 1.82) is 0 Å². The van der Waals surface area contributed by atoms with Gasteiger partial charge in [0.25, 0.3) is 0 Å². The van der Waals surface area contributed by atoms with Gasteiger partial charge in [-0.15, -0.1) is 0 Å². The fraction of sp³-hybridized carbons (Fsp3) is 0.500. The van der Waals surface area contributed by atoms with Gasteiger partial charge in [0.05, 0.1) is 6.61 Å². The topological polar surface area (TPSA) is 69.9 Å². The molecule has 0 bridgehead atoms. The Bertz CT molecular complexity index is 400. The molecule has 0 fully saturated rings. The van der Waals surface area contributed by atoms with Crippen LogP contribution in [0, 0.1) is 0 Å². The lowest BCUT2D eigenvalue weighted by Crippen LogP contribution is -2.48. The van der Waals surface area contributed by atoms with Crippen molar-refractivity contribution in [2.75, 3.05) is 0 Å². The highest BCUT2D eigenvalue weighted by Gasteiger charge is 2.42. The smallest absolute Gasteiger partial charge is 0.132 e. The van der Waals surface area contributed by atoms with E-state index in [0.29, 0.717) is 16.9 Å². The Morgan fingerprint density at radius 1 is 1.31 bits per heavy atom. The van der Waals surface area contributed by atoms with Crippen molar-refractivity contribution in [3.8, 4) is 5.75 Å². The van der Waals surface area contributed by atoms with E-state index in [-0.39, 0.29) is 6.61 Å². The highest BCUT2D eigenvalue weighted by molar-refractivity contribution is 5.41. The minimum Gasteiger partial charge on any atom is -0.485 e. The molecule has 0 radical (unpaired) electrons. The van der Waals surface area contributed by atoms with Gasteiger partial charge in [0.15, 0.2) is 0 Å². The highest BCUT2D eigenvalue weighted by Crippen LogP contribution is 2.39. The molecule has 4 heteroatoms. The van der Waals surface area contributed by atoms with E-state index >= 15 is 0 Å². The fourth-order valence-corrected chi connectivity index (χ4v) is 1.91. The summed E-state index contributed by atoms with van der Waals surface area (Å²) in [6, 6.07) is 5.09. The average Bonchev–Trinajstić information content (AvgIpc) is 2.25. The molecule has 1 aromatic rings. The largest absolute Gasteiger partial charge is 0.485 e. The molecule has 0 saturated heterocycles. The Morgan fingerprint density at radius 3 is 2.62 bits per heavy atom. The lowest BCUT2D eigenvalue weighted by atomic mass is 9.88. The van der Waals surface area contributed by atoms with Crippen LogP contribution in [0.3, 0.4) is 0 Å². The first-order chi connectivity index (χ1) is 7.45. The molecule has 0 spiro atoms. The maximum absolute atomic E-state index is 9.97. The minimum absolute atomic E-state index is 0.0977. The highest BCUT2D eigenvalue weighted by atomic mass is 16.5. The second-order valence-electron chi connectivity index (χ2n) is 4.63. The molecule has 1 aliphatic rings. The van der Waals surface area contributed by atoms with Crippen molar-refractivity contribution < 1.29 is 20.1 Å². The number of ether oxygens (including phenoxy) is 1. The minimum atomic E-state index is -0.981. The number of aliphatic hydroxyl groups excluding tert-OH is 3. The van der Waals surface area contributed by atoms with Crippen LogP contribution in [0.25, 0.3) is 0 Å². The Labute approximate surface area is 94.1 Å². The van der Waals surface area contributed by atoms with E-state index in [9.17, 15) is 10.2 Å². The SMILES string of the molecule is CC1(C)Oc2ccc(CO)cc2[C@@H](O)[C@@H]1O. The van der Waals surface area contributed by atoms with Crippen molar-refractivity contribution in [2.45, 2.75) is 38.3 Å². The van der Waals surface area contributed by atoms with E-state index in [1.165, 1.54) is 0 Å².